The molecule has 0 radical (unpaired) electrons. The van der Waals surface area contributed by atoms with Gasteiger partial charge >= 0.3 is 0 Å². The fourth-order valence-corrected chi connectivity index (χ4v) is 2.90. The summed E-state index contributed by atoms with van der Waals surface area (Å²) in [5, 5.41) is 5.77. The van der Waals surface area contributed by atoms with Gasteiger partial charge in [-0.05, 0) is 62.4 Å². The molecule has 4 heteroatoms. The summed E-state index contributed by atoms with van der Waals surface area (Å²) in [5.41, 5.74) is 3.42. The number of hydrogen-bond acceptors (Lipinski definition) is 2. The molecule has 0 aliphatic rings. The Hall–Kier alpha value is -2.62. The van der Waals surface area contributed by atoms with Crippen LogP contribution in [0.3, 0.4) is 0 Å². The van der Waals surface area contributed by atoms with Gasteiger partial charge in [-0.2, -0.15) is 0 Å². The molecule has 2 N–H and O–H groups in total. The zero-order valence-corrected chi connectivity index (χ0v) is 16.9. The number of anilines is 1. The van der Waals surface area contributed by atoms with Gasteiger partial charge in [0.05, 0.1) is 5.92 Å². The first-order valence-corrected chi connectivity index (χ1v) is 9.57. The number of benzene rings is 2. The zero-order valence-electron chi connectivity index (χ0n) is 16.9. The Morgan fingerprint density at radius 2 is 1.59 bits per heavy atom. The molecule has 0 aliphatic carbocycles. The number of carbonyl (C=O) groups excluding carboxylic acids is 2. The molecule has 0 fully saturated rings. The smallest absolute Gasteiger partial charge is 0.251 e. The van der Waals surface area contributed by atoms with Crippen LogP contribution in [0.5, 0.6) is 0 Å². The molecule has 1 atom stereocenters. The molecule has 0 aromatic heterocycles. The maximum atomic E-state index is 12.6. The molecular weight excluding hydrogens is 336 g/mol. The van der Waals surface area contributed by atoms with Gasteiger partial charge < -0.3 is 10.6 Å². The van der Waals surface area contributed by atoms with E-state index >= 15 is 0 Å². The van der Waals surface area contributed by atoms with Crippen LogP contribution in [0.1, 0.15) is 62.0 Å². The monoisotopic (exact) mass is 366 g/mol. The van der Waals surface area contributed by atoms with Crippen molar-refractivity contribution >= 4 is 17.5 Å². The number of rotatable bonds is 7. The molecule has 27 heavy (non-hydrogen) atoms. The van der Waals surface area contributed by atoms with Crippen molar-refractivity contribution in [2.45, 2.75) is 53.0 Å². The Morgan fingerprint density at radius 1 is 0.926 bits per heavy atom. The van der Waals surface area contributed by atoms with Crippen LogP contribution in [0.2, 0.25) is 0 Å². The lowest BCUT2D eigenvalue weighted by Crippen LogP contribution is -2.30. The van der Waals surface area contributed by atoms with E-state index in [1.54, 1.807) is 24.3 Å². The van der Waals surface area contributed by atoms with Crippen molar-refractivity contribution in [2.75, 3.05) is 5.32 Å². The fourth-order valence-electron chi connectivity index (χ4n) is 2.90. The molecule has 1 unspecified atom stereocenters. The minimum absolute atomic E-state index is 0.0643. The van der Waals surface area contributed by atoms with Crippen LogP contribution >= 0.6 is 0 Å². The van der Waals surface area contributed by atoms with E-state index in [1.165, 1.54) is 5.56 Å². The van der Waals surface area contributed by atoms with Gasteiger partial charge in [0.25, 0.3) is 5.91 Å². The third-order valence-corrected chi connectivity index (χ3v) is 4.33. The van der Waals surface area contributed by atoms with Crippen molar-refractivity contribution in [2.24, 2.45) is 5.92 Å². The first kappa shape index (κ1) is 20.7. The summed E-state index contributed by atoms with van der Waals surface area (Å²) in [5.74, 6) is 0.103. The zero-order chi connectivity index (χ0) is 20.0. The summed E-state index contributed by atoms with van der Waals surface area (Å²) < 4.78 is 0. The van der Waals surface area contributed by atoms with Crippen molar-refractivity contribution in [1.82, 2.24) is 5.32 Å². The molecule has 2 rings (SSSR count). The van der Waals surface area contributed by atoms with Crippen molar-refractivity contribution in [3.63, 3.8) is 0 Å². The van der Waals surface area contributed by atoms with Crippen molar-refractivity contribution in [1.29, 1.82) is 0 Å². The lowest BCUT2D eigenvalue weighted by Gasteiger charge is -2.14. The van der Waals surface area contributed by atoms with Crippen LogP contribution in [0.15, 0.2) is 48.5 Å². The highest BCUT2D eigenvalue weighted by Crippen LogP contribution is 2.20. The second kappa shape index (κ2) is 9.36. The molecule has 0 heterocycles. The van der Waals surface area contributed by atoms with E-state index in [4.69, 9.17) is 0 Å². The first-order valence-electron chi connectivity index (χ1n) is 9.57. The van der Waals surface area contributed by atoms with Crippen molar-refractivity contribution < 1.29 is 9.59 Å². The van der Waals surface area contributed by atoms with E-state index in [0.717, 1.165) is 12.0 Å². The predicted molar refractivity (Wildman–Crippen MR) is 111 cm³/mol. The highest BCUT2D eigenvalue weighted by Gasteiger charge is 2.16. The van der Waals surface area contributed by atoms with E-state index in [9.17, 15) is 9.59 Å². The highest BCUT2D eigenvalue weighted by molar-refractivity contribution is 5.98. The number of carbonyl (C=O) groups is 2. The number of hydrogen-bond donors (Lipinski definition) is 2. The SMILES string of the molecule is CC(C)Cc1ccc(C(C)C(=O)Nc2cccc(C(=O)NC(C)C)c2)cc1. The van der Waals surface area contributed by atoms with Crippen LogP contribution in [0.4, 0.5) is 5.69 Å². The molecule has 144 valence electrons. The fraction of sp³-hybridized carbons (Fsp3) is 0.391. The van der Waals surface area contributed by atoms with Gasteiger partial charge in [-0.1, -0.05) is 44.2 Å². The lowest BCUT2D eigenvalue weighted by atomic mass is 9.96. The second-order valence-corrected chi connectivity index (χ2v) is 7.76. The van der Waals surface area contributed by atoms with Gasteiger partial charge in [-0.25, -0.2) is 0 Å². The largest absolute Gasteiger partial charge is 0.350 e. The molecule has 2 amide bonds. The number of amides is 2. The molecular formula is C23H30N2O2. The molecule has 0 bridgehead atoms. The summed E-state index contributed by atoms with van der Waals surface area (Å²) in [7, 11) is 0. The Morgan fingerprint density at radius 3 is 2.19 bits per heavy atom. The summed E-state index contributed by atoms with van der Waals surface area (Å²) in [4.78, 5) is 24.8. The second-order valence-electron chi connectivity index (χ2n) is 7.76. The van der Waals surface area contributed by atoms with Gasteiger partial charge in [0.15, 0.2) is 0 Å². The van der Waals surface area contributed by atoms with Gasteiger partial charge in [-0.3, -0.25) is 9.59 Å². The normalized spacial score (nSPS) is 12.1. The Kier molecular flexibility index (Phi) is 7.17. The average Bonchev–Trinajstić information content (AvgIpc) is 2.61. The molecule has 2 aromatic rings. The van der Waals surface area contributed by atoms with E-state index in [0.29, 0.717) is 17.2 Å². The predicted octanol–water partition coefficient (Wildman–Crippen LogP) is 4.77. The van der Waals surface area contributed by atoms with Gasteiger partial charge in [-0.15, -0.1) is 0 Å². The summed E-state index contributed by atoms with van der Waals surface area (Å²) in [6.45, 7) is 10.1. The van der Waals surface area contributed by atoms with Crippen LogP contribution in [-0.2, 0) is 11.2 Å². The Balaban J connectivity index is 2.04. The third kappa shape index (κ3) is 6.24. The van der Waals surface area contributed by atoms with Crippen LogP contribution in [0, 0.1) is 5.92 Å². The van der Waals surface area contributed by atoms with E-state index in [1.807, 2.05) is 32.9 Å². The van der Waals surface area contributed by atoms with Gasteiger partial charge in [0.1, 0.15) is 0 Å². The number of nitrogens with one attached hydrogen (secondary N) is 2. The average molecular weight is 367 g/mol. The van der Waals surface area contributed by atoms with E-state index in [2.05, 4.69) is 36.6 Å². The summed E-state index contributed by atoms with van der Waals surface area (Å²) >= 11 is 0. The molecule has 0 saturated heterocycles. The third-order valence-electron chi connectivity index (χ3n) is 4.33. The van der Waals surface area contributed by atoms with Gasteiger partial charge in [0.2, 0.25) is 5.91 Å². The lowest BCUT2D eigenvalue weighted by molar-refractivity contribution is -0.117. The minimum atomic E-state index is -0.272. The van der Waals surface area contributed by atoms with Crippen molar-refractivity contribution in [3.8, 4) is 0 Å². The Bertz CT molecular complexity index is 779. The molecule has 0 saturated carbocycles. The quantitative estimate of drug-likeness (QED) is 0.742. The Labute approximate surface area is 162 Å². The molecule has 4 nitrogen and oxygen atoms in total. The van der Waals surface area contributed by atoms with Crippen molar-refractivity contribution in [3.05, 3.63) is 65.2 Å². The maximum absolute atomic E-state index is 12.6. The van der Waals surface area contributed by atoms with Crippen LogP contribution in [0.25, 0.3) is 0 Å². The summed E-state index contributed by atoms with van der Waals surface area (Å²) in [6.07, 6.45) is 1.03. The van der Waals surface area contributed by atoms with E-state index < -0.39 is 0 Å². The van der Waals surface area contributed by atoms with Gasteiger partial charge in [0, 0.05) is 17.3 Å². The van der Waals surface area contributed by atoms with E-state index in [-0.39, 0.29) is 23.8 Å². The highest BCUT2D eigenvalue weighted by atomic mass is 16.2. The summed E-state index contributed by atoms with van der Waals surface area (Å²) in [6, 6.07) is 15.3. The maximum Gasteiger partial charge on any atom is 0.251 e. The topological polar surface area (TPSA) is 58.2 Å². The minimum Gasteiger partial charge on any atom is -0.350 e. The molecule has 2 aromatic carbocycles. The first-order chi connectivity index (χ1) is 12.8. The van der Waals surface area contributed by atoms with Crippen LogP contribution < -0.4 is 10.6 Å². The van der Waals surface area contributed by atoms with Crippen LogP contribution in [-0.4, -0.2) is 17.9 Å². The molecule has 0 spiro atoms. The standard InChI is InChI=1S/C23H30N2O2/c1-15(2)13-18-9-11-19(12-10-18)17(5)22(26)25-21-8-6-7-20(14-21)23(27)24-16(3)4/h6-12,14-17H,13H2,1-5H3,(H,24,27)(H,25,26). The molecule has 0 aliphatic heterocycles.